The predicted molar refractivity (Wildman–Crippen MR) is 74.5 cm³/mol. The van der Waals surface area contributed by atoms with Crippen LogP contribution in [0, 0.1) is 11.8 Å². The third-order valence-corrected chi connectivity index (χ3v) is 4.11. The van der Waals surface area contributed by atoms with E-state index < -0.39 is 0 Å². The summed E-state index contributed by atoms with van der Waals surface area (Å²) in [4.78, 5) is 26.6. The first-order valence-corrected chi connectivity index (χ1v) is 7.45. The molecule has 1 heterocycles. The van der Waals surface area contributed by atoms with E-state index in [9.17, 15) is 9.59 Å². The first-order valence-electron chi connectivity index (χ1n) is 7.45. The maximum absolute atomic E-state index is 12.6. The lowest BCUT2D eigenvalue weighted by atomic mass is 9.81. The second-order valence-electron chi connectivity index (χ2n) is 5.44. The molecule has 106 valence electrons. The van der Waals surface area contributed by atoms with Gasteiger partial charge in [-0.25, -0.2) is 0 Å². The van der Waals surface area contributed by atoms with Crippen LogP contribution in [0.5, 0.6) is 0 Å². The summed E-state index contributed by atoms with van der Waals surface area (Å²) in [6.45, 7) is 4.27. The van der Waals surface area contributed by atoms with Crippen LogP contribution in [0.3, 0.4) is 0 Å². The van der Waals surface area contributed by atoms with Crippen molar-refractivity contribution in [3.63, 3.8) is 0 Å². The highest BCUT2D eigenvalue weighted by Crippen LogP contribution is 2.28. The number of piperidine rings is 1. The number of nitrogens with one attached hydrogen (secondary N) is 1. The van der Waals surface area contributed by atoms with Gasteiger partial charge in [-0.15, -0.1) is 0 Å². The summed E-state index contributed by atoms with van der Waals surface area (Å²) >= 11 is 0. The lowest BCUT2D eigenvalue weighted by Crippen LogP contribution is -2.46. The first-order chi connectivity index (χ1) is 9.24. The standard InChI is InChI=1S/C15H24N2O2/c1-2-16-14(18)12-8-4-5-9-13(12)15(19)17-10-6-3-7-11-17/h4-5,12-13H,2-3,6-11H2,1H3,(H,16,18)/t12-,13+/m0/s1. The molecule has 2 aliphatic rings. The van der Waals surface area contributed by atoms with Crippen molar-refractivity contribution in [3.05, 3.63) is 12.2 Å². The Kier molecular flexibility index (Phi) is 5.00. The Morgan fingerprint density at radius 3 is 2.37 bits per heavy atom. The highest BCUT2D eigenvalue weighted by molar-refractivity contribution is 5.88. The monoisotopic (exact) mass is 264 g/mol. The molecular weight excluding hydrogens is 240 g/mol. The van der Waals surface area contributed by atoms with E-state index in [-0.39, 0.29) is 23.7 Å². The highest BCUT2D eigenvalue weighted by Gasteiger charge is 2.36. The van der Waals surface area contributed by atoms with Gasteiger partial charge in [0.05, 0.1) is 11.8 Å². The fourth-order valence-corrected chi connectivity index (χ4v) is 3.03. The van der Waals surface area contributed by atoms with Crippen LogP contribution in [-0.2, 0) is 9.59 Å². The van der Waals surface area contributed by atoms with Gasteiger partial charge in [0.25, 0.3) is 0 Å². The molecule has 2 atom stereocenters. The molecule has 1 saturated heterocycles. The van der Waals surface area contributed by atoms with Crippen molar-refractivity contribution in [3.8, 4) is 0 Å². The SMILES string of the molecule is CCNC(=O)[C@H]1CC=CC[C@H]1C(=O)N1CCCCC1. The van der Waals surface area contributed by atoms with Crippen molar-refractivity contribution in [1.82, 2.24) is 10.2 Å². The Morgan fingerprint density at radius 1 is 1.11 bits per heavy atom. The molecular formula is C15H24N2O2. The van der Waals surface area contributed by atoms with Crippen LogP contribution in [-0.4, -0.2) is 36.3 Å². The summed E-state index contributed by atoms with van der Waals surface area (Å²) in [5, 5.41) is 2.86. The second kappa shape index (κ2) is 6.73. The Morgan fingerprint density at radius 2 is 1.74 bits per heavy atom. The van der Waals surface area contributed by atoms with Gasteiger partial charge < -0.3 is 10.2 Å². The van der Waals surface area contributed by atoms with Crippen molar-refractivity contribution in [2.75, 3.05) is 19.6 Å². The Labute approximate surface area is 115 Å². The molecule has 2 amide bonds. The number of amides is 2. The smallest absolute Gasteiger partial charge is 0.226 e. The fourth-order valence-electron chi connectivity index (χ4n) is 3.03. The first kappa shape index (κ1) is 14.1. The minimum absolute atomic E-state index is 0.0298. The topological polar surface area (TPSA) is 49.4 Å². The number of hydrogen-bond donors (Lipinski definition) is 1. The van der Waals surface area contributed by atoms with E-state index in [1.54, 1.807) is 0 Å². The lowest BCUT2D eigenvalue weighted by Gasteiger charge is -2.34. The average molecular weight is 264 g/mol. The molecule has 4 nitrogen and oxygen atoms in total. The van der Waals surface area contributed by atoms with Gasteiger partial charge in [-0.3, -0.25) is 9.59 Å². The lowest BCUT2D eigenvalue weighted by molar-refractivity contribution is -0.142. The van der Waals surface area contributed by atoms with Gasteiger partial charge in [0.2, 0.25) is 11.8 Å². The molecule has 4 heteroatoms. The number of nitrogens with zero attached hydrogens (tertiary/aromatic N) is 1. The summed E-state index contributed by atoms with van der Waals surface area (Å²) in [5.41, 5.74) is 0. The minimum Gasteiger partial charge on any atom is -0.356 e. The van der Waals surface area contributed by atoms with Crippen LogP contribution in [0.4, 0.5) is 0 Å². The number of likely N-dealkylation sites (tertiary alicyclic amines) is 1. The van der Waals surface area contributed by atoms with E-state index in [4.69, 9.17) is 0 Å². The van der Waals surface area contributed by atoms with Gasteiger partial charge in [0.15, 0.2) is 0 Å². The predicted octanol–water partition coefficient (Wildman–Crippen LogP) is 1.72. The molecule has 19 heavy (non-hydrogen) atoms. The third kappa shape index (κ3) is 3.37. The van der Waals surface area contributed by atoms with Gasteiger partial charge in [0, 0.05) is 19.6 Å². The van der Waals surface area contributed by atoms with E-state index in [1.165, 1.54) is 6.42 Å². The van der Waals surface area contributed by atoms with Gasteiger partial charge in [-0.1, -0.05) is 12.2 Å². The molecule has 0 saturated carbocycles. The number of carbonyl (C=O) groups is 2. The van der Waals surface area contributed by atoms with Crippen molar-refractivity contribution >= 4 is 11.8 Å². The van der Waals surface area contributed by atoms with E-state index >= 15 is 0 Å². The van der Waals surface area contributed by atoms with Crippen molar-refractivity contribution < 1.29 is 9.59 Å². The minimum atomic E-state index is -0.181. The van der Waals surface area contributed by atoms with E-state index in [0.29, 0.717) is 19.4 Å². The summed E-state index contributed by atoms with van der Waals surface area (Å²) in [6.07, 6.45) is 8.88. The zero-order valence-corrected chi connectivity index (χ0v) is 11.7. The Balaban J connectivity index is 2.04. The molecule has 0 radical (unpaired) electrons. The Bertz CT molecular complexity index is 359. The summed E-state index contributed by atoms with van der Waals surface area (Å²) < 4.78 is 0. The van der Waals surface area contributed by atoms with Crippen LogP contribution in [0.1, 0.15) is 39.0 Å². The highest BCUT2D eigenvalue weighted by atomic mass is 16.2. The number of hydrogen-bond acceptors (Lipinski definition) is 2. The zero-order chi connectivity index (χ0) is 13.7. The second-order valence-corrected chi connectivity index (χ2v) is 5.44. The quantitative estimate of drug-likeness (QED) is 0.789. The van der Waals surface area contributed by atoms with Gasteiger partial charge in [-0.05, 0) is 39.0 Å². The van der Waals surface area contributed by atoms with Gasteiger partial charge in [-0.2, -0.15) is 0 Å². The molecule has 1 aliphatic carbocycles. The van der Waals surface area contributed by atoms with Crippen LogP contribution >= 0.6 is 0 Å². The van der Waals surface area contributed by atoms with Crippen LogP contribution < -0.4 is 5.32 Å². The third-order valence-electron chi connectivity index (χ3n) is 4.11. The van der Waals surface area contributed by atoms with Crippen LogP contribution in [0.2, 0.25) is 0 Å². The van der Waals surface area contributed by atoms with Gasteiger partial charge in [0.1, 0.15) is 0 Å². The molecule has 1 aliphatic heterocycles. The maximum atomic E-state index is 12.6. The molecule has 0 aromatic carbocycles. The summed E-state index contributed by atoms with van der Waals surface area (Å²) in [5.74, 6) is -0.128. The summed E-state index contributed by atoms with van der Waals surface area (Å²) in [7, 11) is 0. The zero-order valence-electron chi connectivity index (χ0n) is 11.7. The molecule has 0 unspecified atom stereocenters. The van der Waals surface area contributed by atoms with Crippen LogP contribution in [0.15, 0.2) is 12.2 Å². The van der Waals surface area contributed by atoms with Gasteiger partial charge >= 0.3 is 0 Å². The normalized spacial score (nSPS) is 27.1. The van der Waals surface area contributed by atoms with Crippen molar-refractivity contribution in [2.24, 2.45) is 11.8 Å². The molecule has 0 aromatic heterocycles. The fraction of sp³-hybridized carbons (Fsp3) is 0.733. The molecule has 0 spiro atoms. The molecule has 2 rings (SSSR count). The number of rotatable bonds is 3. The molecule has 1 fully saturated rings. The molecule has 0 bridgehead atoms. The average Bonchev–Trinajstić information content (AvgIpc) is 2.47. The van der Waals surface area contributed by atoms with Crippen molar-refractivity contribution in [2.45, 2.75) is 39.0 Å². The van der Waals surface area contributed by atoms with Crippen LogP contribution in [0.25, 0.3) is 0 Å². The maximum Gasteiger partial charge on any atom is 0.226 e. The molecule has 1 N–H and O–H groups in total. The Hall–Kier alpha value is -1.32. The van der Waals surface area contributed by atoms with E-state index in [1.807, 2.05) is 24.0 Å². The molecule has 0 aromatic rings. The number of allylic oxidation sites excluding steroid dienone is 2. The van der Waals surface area contributed by atoms with E-state index in [0.717, 1.165) is 25.9 Å². The van der Waals surface area contributed by atoms with Crippen molar-refractivity contribution in [1.29, 1.82) is 0 Å². The summed E-state index contributed by atoms with van der Waals surface area (Å²) in [6, 6.07) is 0. The van der Waals surface area contributed by atoms with E-state index in [2.05, 4.69) is 5.32 Å². The number of carbonyl (C=O) groups excluding carboxylic acids is 2. The largest absolute Gasteiger partial charge is 0.356 e.